The van der Waals surface area contributed by atoms with Gasteiger partial charge in [-0.05, 0) is 12.3 Å². The number of aromatic nitrogens is 3. The van der Waals surface area contributed by atoms with Gasteiger partial charge in [0, 0.05) is 13.1 Å². The lowest BCUT2D eigenvalue weighted by Gasteiger charge is -2.30. The lowest BCUT2D eigenvalue weighted by atomic mass is 9.85. The summed E-state index contributed by atoms with van der Waals surface area (Å²) in [6.45, 7) is 7.43. The maximum absolute atomic E-state index is 12.0. The minimum absolute atomic E-state index is 0.130. The summed E-state index contributed by atoms with van der Waals surface area (Å²) in [6, 6.07) is -1.23. The molecular weight excluding hydrogens is 274 g/mol. The zero-order valence-corrected chi connectivity index (χ0v) is 13.0. The van der Waals surface area contributed by atoms with Gasteiger partial charge in [-0.1, -0.05) is 20.8 Å². The van der Waals surface area contributed by atoms with Crippen molar-refractivity contribution >= 4 is 12.0 Å². The van der Waals surface area contributed by atoms with E-state index in [1.54, 1.807) is 24.9 Å². The first kappa shape index (κ1) is 16.9. The molecule has 1 heterocycles. The van der Waals surface area contributed by atoms with E-state index < -0.39 is 18.0 Å². The molecule has 3 N–H and O–H groups in total. The lowest BCUT2D eigenvalue weighted by molar-refractivity contribution is -0.138. The third-order valence-electron chi connectivity index (χ3n) is 3.21. The molecule has 0 saturated heterocycles. The van der Waals surface area contributed by atoms with E-state index in [9.17, 15) is 9.59 Å². The van der Waals surface area contributed by atoms with Gasteiger partial charge in [-0.3, -0.25) is 4.79 Å². The summed E-state index contributed by atoms with van der Waals surface area (Å²) in [5.41, 5.74) is -0.357. The number of nitrogens with zero attached hydrogens (tertiary/aromatic N) is 3. The maximum atomic E-state index is 12.0. The third kappa shape index (κ3) is 5.05. The molecule has 2 atom stereocenters. The highest BCUT2D eigenvalue weighted by Gasteiger charge is 2.29. The summed E-state index contributed by atoms with van der Waals surface area (Å²) >= 11 is 0. The molecule has 1 rings (SSSR count). The lowest BCUT2D eigenvalue weighted by Crippen LogP contribution is -2.49. The fourth-order valence-corrected chi connectivity index (χ4v) is 1.89. The Morgan fingerprint density at radius 2 is 2.00 bits per heavy atom. The fourth-order valence-electron chi connectivity index (χ4n) is 1.89. The van der Waals surface area contributed by atoms with Crippen molar-refractivity contribution in [1.29, 1.82) is 0 Å². The number of carbonyl (C=O) groups is 2. The second-order valence-electron chi connectivity index (χ2n) is 6.16. The van der Waals surface area contributed by atoms with Gasteiger partial charge in [-0.25, -0.2) is 4.79 Å². The van der Waals surface area contributed by atoms with Crippen LogP contribution in [0.5, 0.6) is 0 Å². The first-order valence-electron chi connectivity index (χ1n) is 6.74. The van der Waals surface area contributed by atoms with Crippen molar-refractivity contribution < 1.29 is 14.7 Å². The Labute approximate surface area is 123 Å². The van der Waals surface area contributed by atoms with Gasteiger partial charge >= 0.3 is 12.0 Å². The van der Waals surface area contributed by atoms with Crippen LogP contribution in [0.2, 0.25) is 0 Å². The predicted octanol–water partition coefficient (Wildman–Crippen LogP) is 1.06. The zero-order chi connectivity index (χ0) is 16.2. The number of aliphatic carboxylic acids is 1. The highest BCUT2D eigenvalue weighted by Crippen LogP contribution is 2.22. The van der Waals surface area contributed by atoms with Crippen molar-refractivity contribution in [3.8, 4) is 0 Å². The van der Waals surface area contributed by atoms with Crippen LogP contribution in [-0.2, 0) is 11.8 Å². The Kier molecular flexibility index (Phi) is 5.28. The van der Waals surface area contributed by atoms with E-state index in [0.717, 1.165) is 0 Å². The second-order valence-corrected chi connectivity index (χ2v) is 6.16. The van der Waals surface area contributed by atoms with Crippen molar-refractivity contribution in [3.05, 3.63) is 12.2 Å². The second kappa shape index (κ2) is 6.55. The number of carboxylic acids is 1. The topological polar surface area (TPSA) is 109 Å². The Balaban J connectivity index is 2.66. The molecule has 118 valence electrons. The minimum Gasteiger partial charge on any atom is -0.481 e. The summed E-state index contributed by atoms with van der Waals surface area (Å²) in [5.74, 6) is -0.327. The van der Waals surface area contributed by atoms with Crippen molar-refractivity contribution in [1.82, 2.24) is 25.4 Å². The van der Waals surface area contributed by atoms with E-state index in [2.05, 4.69) is 20.8 Å². The minimum atomic E-state index is -0.948. The molecule has 0 bridgehead atoms. The number of hydrogen-bond donors (Lipinski definition) is 3. The number of urea groups is 1. The summed E-state index contributed by atoms with van der Waals surface area (Å²) in [6.07, 6.45) is 1.42. The van der Waals surface area contributed by atoms with Crippen LogP contribution in [0, 0.1) is 5.41 Å². The van der Waals surface area contributed by atoms with Gasteiger partial charge in [0.2, 0.25) is 0 Å². The van der Waals surface area contributed by atoms with Crippen molar-refractivity contribution in [2.24, 2.45) is 12.5 Å². The van der Waals surface area contributed by atoms with Crippen LogP contribution in [0.1, 0.15) is 46.0 Å². The number of carboxylic acid groups (broad SMARTS) is 1. The maximum Gasteiger partial charge on any atom is 0.315 e. The molecule has 0 aliphatic carbocycles. The van der Waals surface area contributed by atoms with E-state index in [1.807, 2.05) is 20.8 Å². The first-order valence-corrected chi connectivity index (χ1v) is 6.74. The zero-order valence-electron chi connectivity index (χ0n) is 13.0. The van der Waals surface area contributed by atoms with Gasteiger partial charge in [-0.2, -0.15) is 0 Å². The molecule has 0 fully saturated rings. The highest BCUT2D eigenvalue weighted by molar-refractivity contribution is 5.76. The summed E-state index contributed by atoms with van der Waals surface area (Å²) in [7, 11) is 1.79. The summed E-state index contributed by atoms with van der Waals surface area (Å²) in [4.78, 5) is 22.9. The molecule has 1 aromatic rings. The largest absolute Gasteiger partial charge is 0.481 e. The van der Waals surface area contributed by atoms with Gasteiger partial charge in [0.25, 0.3) is 0 Å². The number of hydrogen-bond acceptors (Lipinski definition) is 4. The Morgan fingerprint density at radius 1 is 1.38 bits per heavy atom. The average molecular weight is 297 g/mol. The molecule has 1 aromatic heterocycles. The molecule has 0 aromatic carbocycles. The van der Waals surface area contributed by atoms with Crippen LogP contribution in [0.3, 0.4) is 0 Å². The molecule has 8 heteroatoms. The van der Waals surface area contributed by atoms with E-state index in [1.165, 1.54) is 0 Å². The van der Waals surface area contributed by atoms with Crippen LogP contribution in [0.15, 0.2) is 6.33 Å². The SMILES string of the molecule is CC(NC(=O)NC(CC(=O)O)C(C)(C)C)c1nncn1C. The summed E-state index contributed by atoms with van der Waals surface area (Å²) in [5, 5.41) is 22.1. The molecule has 8 nitrogen and oxygen atoms in total. The van der Waals surface area contributed by atoms with Gasteiger partial charge < -0.3 is 20.3 Å². The average Bonchev–Trinajstić information content (AvgIpc) is 2.72. The van der Waals surface area contributed by atoms with Gasteiger partial charge in [0.15, 0.2) is 5.82 Å². The molecule has 0 saturated carbocycles. The molecule has 0 aliphatic heterocycles. The predicted molar refractivity (Wildman–Crippen MR) is 76.6 cm³/mol. The number of amides is 2. The van der Waals surface area contributed by atoms with Gasteiger partial charge in [0.05, 0.1) is 12.5 Å². The van der Waals surface area contributed by atoms with E-state index in [-0.39, 0.29) is 17.9 Å². The molecule has 2 unspecified atom stereocenters. The Hall–Kier alpha value is -2.12. The van der Waals surface area contributed by atoms with E-state index >= 15 is 0 Å². The number of rotatable bonds is 5. The van der Waals surface area contributed by atoms with Crippen LogP contribution in [0.25, 0.3) is 0 Å². The van der Waals surface area contributed by atoms with Crippen LogP contribution >= 0.6 is 0 Å². The molecule has 2 amide bonds. The summed E-state index contributed by atoms with van der Waals surface area (Å²) < 4.78 is 1.71. The molecule has 21 heavy (non-hydrogen) atoms. The monoisotopic (exact) mass is 297 g/mol. The van der Waals surface area contributed by atoms with Crippen LogP contribution in [0.4, 0.5) is 4.79 Å². The van der Waals surface area contributed by atoms with Crippen LogP contribution in [-0.4, -0.2) is 37.9 Å². The van der Waals surface area contributed by atoms with E-state index in [0.29, 0.717) is 5.82 Å². The smallest absolute Gasteiger partial charge is 0.315 e. The highest BCUT2D eigenvalue weighted by atomic mass is 16.4. The van der Waals surface area contributed by atoms with Gasteiger partial charge in [-0.15, -0.1) is 10.2 Å². The normalized spacial score (nSPS) is 14.3. The van der Waals surface area contributed by atoms with Crippen molar-refractivity contribution in [2.75, 3.05) is 0 Å². The van der Waals surface area contributed by atoms with E-state index in [4.69, 9.17) is 5.11 Å². The Morgan fingerprint density at radius 3 is 2.43 bits per heavy atom. The Bertz CT molecular complexity index is 506. The molecular formula is C13H23N5O3. The third-order valence-corrected chi connectivity index (χ3v) is 3.21. The number of carbonyl (C=O) groups excluding carboxylic acids is 1. The van der Waals surface area contributed by atoms with Crippen LogP contribution < -0.4 is 10.6 Å². The van der Waals surface area contributed by atoms with Gasteiger partial charge in [0.1, 0.15) is 6.33 Å². The van der Waals surface area contributed by atoms with Crippen molar-refractivity contribution in [2.45, 2.75) is 46.2 Å². The fraction of sp³-hybridized carbons (Fsp3) is 0.692. The molecule has 0 spiro atoms. The quantitative estimate of drug-likeness (QED) is 0.753. The number of aryl methyl sites for hydroxylation is 1. The number of nitrogens with one attached hydrogen (secondary N) is 2. The molecule has 0 aliphatic rings. The molecule has 0 radical (unpaired) electrons. The van der Waals surface area contributed by atoms with Crippen molar-refractivity contribution in [3.63, 3.8) is 0 Å². The standard InChI is InChI=1S/C13H23N5O3/c1-8(11-17-14-7-18(11)5)15-12(21)16-9(6-10(19)20)13(2,3)4/h7-9H,6H2,1-5H3,(H,19,20)(H2,15,16,21). The first-order chi connectivity index (χ1) is 9.61.